The standard InChI is InChI=1S/3C9H10O3.Cr/c3*1-6-4-3-5-7(9(10)11)8(6)12-2;/h3*3-5H,1-2H3,(H,10,11);/q;;;+3/p-3. The minimum absolute atomic E-state index is 0. The van der Waals surface area contributed by atoms with Crippen molar-refractivity contribution < 1.29 is 61.3 Å². The first-order chi connectivity index (χ1) is 17.0. The molecular formula is C27H27CrO9. The molecule has 0 aromatic heterocycles. The Hall–Kier alpha value is -4.00. The third kappa shape index (κ3) is 9.19. The number of para-hydroxylation sites is 3. The average molecular weight is 548 g/mol. The quantitative estimate of drug-likeness (QED) is 0.442. The van der Waals surface area contributed by atoms with E-state index in [1.807, 2.05) is 0 Å². The van der Waals surface area contributed by atoms with Crippen molar-refractivity contribution in [3.8, 4) is 17.2 Å². The van der Waals surface area contributed by atoms with Gasteiger partial charge in [-0.2, -0.15) is 0 Å². The number of carbonyl (C=O) groups is 3. The summed E-state index contributed by atoms with van der Waals surface area (Å²) in [5.41, 5.74) is 2.66. The van der Waals surface area contributed by atoms with Gasteiger partial charge in [0.2, 0.25) is 0 Å². The Bertz CT molecular complexity index is 1070. The summed E-state index contributed by atoms with van der Waals surface area (Å²) in [6, 6.07) is 14.7. The van der Waals surface area contributed by atoms with Crippen molar-refractivity contribution in [2.24, 2.45) is 0 Å². The van der Waals surface area contributed by atoms with E-state index in [0.717, 1.165) is 16.7 Å². The van der Waals surface area contributed by atoms with Gasteiger partial charge in [0.15, 0.2) is 0 Å². The number of methoxy groups -OCH3 is 3. The molecule has 3 rings (SSSR count). The van der Waals surface area contributed by atoms with Crippen LogP contribution >= 0.6 is 0 Å². The molecule has 195 valence electrons. The van der Waals surface area contributed by atoms with Crippen LogP contribution in [0.5, 0.6) is 17.2 Å². The van der Waals surface area contributed by atoms with E-state index >= 15 is 0 Å². The van der Waals surface area contributed by atoms with Gasteiger partial charge in [-0.1, -0.05) is 36.4 Å². The summed E-state index contributed by atoms with van der Waals surface area (Å²) in [6.45, 7) is 5.35. The number of ether oxygens (including phenoxy) is 3. The maximum absolute atomic E-state index is 10.5. The molecule has 0 aliphatic rings. The van der Waals surface area contributed by atoms with E-state index in [-0.39, 0.29) is 34.1 Å². The number of carboxylic acid groups (broad SMARTS) is 3. The number of rotatable bonds is 6. The van der Waals surface area contributed by atoms with Crippen molar-refractivity contribution in [2.75, 3.05) is 21.3 Å². The van der Waals surface area contributed by atoms with Gasteiger partial charge in [0.1, 0.15) is 17.2 Å². The molecule has 0 aliphatic heterocycles. The van der Waals surface area contributed by atoms with E-state index in [9.17, 15) is 29.7 Å². The molecule has 0 saturated carbocycles. The van der Waals surface area contributed by atoms with Gasteiger partial charge in [-0.05, 0) is 55.7 Å². The zero-order chi connectivity index (χ0) is 27.4. The Balaban J connectivity index is 0.000000518. The number of aryl methyl sites for hydroxylation is 3. The van der Waals surface area contributed by atoms with Crippen molar-refractivity contribution in [1.29, 1.82) is 0 Å². The smallest absolute Gasteiger partial charge is 0.545 e. The molecule has 0 saturated heterocycles. The van der Waals surface area contributed by atoms with E-state index in [1.165, 1.54) is 39.5 Å². The average Bonchev–Trinajstić information content (AvgIpc) is 2.84. The van der Waals surface area contributed by atoms with Crippen molar-refractivity contribution in [1.82, 2.24) is 0 Å². The molecule has 0 spiro atoms. The molecule has 3 aromatic rings. The summed E-state index contributed by atoms with van der Waals surface area (Å²) < 4.78 is 14.7. The molecule has 37 heavy (non-hydrogen) atoms. The summed E-state index contributed by atoms with van der Waals surface area (Å²) in [6.07, 6.45) is 0. The number of carboxylic acids is 3. The third-order valence-corrected chi connectivity index (χ3v) is 4.91. The fourth-order valence-electron chi connectivity index (χ4n) is 3.25. The molecule has 0 unspecified atom stereocenters. The van der Waals surface area contributed by atoms with Gasteiger partial charge in [0.05, 0.1) is 39.2 Å². The second-order valence-corrected chi connectivity index (χ2v) is 7.33. The summed E-state index contributed by atoms with van der Waals surface area (Å²) >= 11 is 0. The Kier molecular flexibility index (Phi) is 14.2. The van der Waals surface area contributed by atoms with Gasteiger partial charge in [-0.3, -0.25) is 0 Å². The Morgan fingerprint density at radius 2 is 0.730 bits per heavy atom. The molecule has 0 aliphatic carbocycles. The molecule has 0 amide bonds. The minimum Gasteiger partial charge on any atom is -0.545 e. The first-order valence-electron chi connectivity index (χ1n) is 10.5. The van der Waals surface area contributed by atoms with Crippen LogP contribution in [0.15, 0.2) is 54.6 Å². The zero-order valence-electron chi connectivity index (χ0n) is 21.3. The Morgan fingerprint density at radius 1 is 0.514 bits per heavy atom. The van der Waals surface area contributed by atoms with Crippen LogP contribution in [-0.2, 0) is 17.4 Å². The molecule has 0 N–H and O–H groups in total. The fourth-order valence-corrected chi connectivity index (χ4v) is 3.25. The van der Waals surface area contributed by atoms with Crippen LogP contribution in [-0.4, -0.2) is 39.2 Å². The summed E-state index contributed by atoms with van der Waals surface area (Å²) in [7, 11) is 4.32. The van der Waals surface area contributed by atoms with Crippen LogP contribution in [0.1, 0.15) is 47.8 Å². The maximum atomic E-state index is 10.5. The molecule has 9 nitrogen and oxygen atoms in total. The van der Waals surface area contributed by atoms with Gasteiger partial charge < -0.3 is 43.9 Å². The van der Waals surface area contributed by atoms with Crippen molar-refractivity contribution >= 4 is 17.9 Å². The van der Waals surface area contributed by atoms with Crippen LogP contribution in [0.25, 0.3) is 0 Å². The number of benzene rings is 3. The van der Waals surface area contributed by atoms with E-state index < -0.39 is 17.9 Å². The second-order valence-electron chi connectivity index (χ2n) is 7.33. The van der Waals surface area contributed by atoms with Crippen molar-refractivity contribution in [3.05, 3.63) is 88.0 Å². The Labute approximate surface area is 226 Å². The van der Waals surface area contributed by atoms with Gasteiger partial charge in [0, 0.05) is 16.7 Å². The van der Waals surface area contributed by atoms with Gasteiger partial charge in [0.25, 0.3) is 0 Å². The molecular weight excluding hydrogens is 520 g/mol. The first kappa shape index (κ1) is 33.0. The van der Waals surface area contributed by atoms with Crippen LogP contribution in [0.2, 0.25) is 0 Å². The van der Waals surface area contributed by atoms with Crippen LogP contribution < -0.4 is 29.5 Å². The topological polar surface area (TPSA) is 148 Å². The predicted octanol–water partition coefficient (Wildman–Crippen LogP) is 1.10. The molecule has 1 radical (unpaired) electrons. The zero-order valence-corrected chi connectivity index (χ0v) is 22.6. The second kappa shape index (κ2) is 15.9. The summed E-state index contributed by atoms with van der Waals surface area (Å²) in [4.78, 5) is 31.6. The van der Waals surface area contributed by atoms with E-state index in [0.29, 0.717) is 17.2 Å². The van der Waals surface area contributed by atoms with Crippen LogP contribution in [0.3, 0.4) is 0 Å². The summed E-state index contributed by atoms with van der Waals surface area (Å²) in [5, 5.41) is 31.6. The van der Waals surface area contributed by atoms with Crippen LogP contribution in [0, 0.1) is 20.8 Å². The molecule has 0 fully saturated rings. The number of hydrogen-bond donors (Lipinski definition) is 0. The molecule has 0 heterocycles. The number of hydrogen-bond acceptors (Lipinski definition) is 9. The Morgan fingerprint density at radius 3 is 0.865 bits per heavy atom. The van der Waals surface area contributed by atoms with Gasteiger partial charge >= 0.3 is 17.4 Å². The summed E-state index contributed by atoms with van der Waals surface area (Å²) in [5.74, 6) is -2.52. The molecule has 0 bridgehead atoms. The third-order valence-electron chi connectivity index (χ3n) is 4.91. The number of aromatic carboxylic acids is 3. The molecule has 10 heteroatoms. The van der Waals surface area contributed by atoms with E-state index in [2.05, 4.69) is 0 Å². The SMILES string of the molecule is COc1c(C)cccc1C(=O)[O-].COc1c(C)cccc1C(=O)[O-].COc1c(C)cccc1C(=O)[O-].[Cr+3]. The number of carbonyl (C=O) groups excluding carboxylic acids is 3. The molecule has 3 aromatic carbocycles. The first-order valence-corrected chi connectivity index (χ1v) is 10.5. The van der Waals surface area contributed by atoms with Crippen molar-refractivity contribution in [2.45, 2.75) is 20.8 Å². The minimum atomic E-state index is -1.21. The largest absolute Gasteiger partial charge is 3.00 e. The fraction of sp³-hybridized carbons (Fsp3) is 0.222. The molecule has 0 atom stereocenters. The van der Waals surface area contributed by atoms with Gasteiger partial charge in [-0.15, -0.1) is 0 Å². The monoisotopic (exact) mass is 547 g/mol. The maximum Gasteiger partial charge on any atom is 3.00 e. The van der Waals surface area contributed by atoms with Crippen molar-refractivity contribution in [3.63, 3.8) is 0 Å². The van der Waals surface area contributed by atoms with E-state index in [1.54, 1.807) is 57.2 Å². The predicted molar refractivity (Wildman–Crippen MR) is 126 cm³/mol. The van der Waals surface area contributed by atoms with Crippen LogP contribution in [0.4, 0.5) is 0 Å². The van der Waals surface area contributed by atoms with Gasteiger partial charge in [-0.25, -0.2) is 0 Å². The van der Waals surface area contributed by atoms with E-state index in [4.69, 9.17) is 14.2 Å². The normalized spacial score (nSPS) is 9.24.